The predicted molar refractivity (Wildman–Crippen MR) is 444 cm³/mol. The van der Waals surface area contributed by atoms with Crippen LogP contribution in [-0.2, 0) is 51.9 Å². The smallest absolute Gasteiger partial charge is 0.410 e. The van der Waals surface area contributed by atoms with Crippen LogP contribution >= 0.6 is 0 Å². The average molecular weight is 1690 g/mol. The van der Waals surface area contributed by atoms with Gasteiger partial charge in [0.05, 0.1) is 50.8 Å². The standard InChI is InChI=1S/C84H115FN10O22Si2/c1-42(2)34-60(93(21)82(104)115-84(18,19)20)76(98)91-70(72(50-26-29-56(85)58(36-50)94(105)106)116-118(43(3)4,44(5)6)45(7)8)79(101)87-57(32-33-86)75(97)88-68-52-38-61(96)74(112-25)65(39-52)113-63-31-28-51(37-59(63)95(107)108)73(117-119(46(9)10,47(11)12)48(13)14)71-80(102)90-69(81(103)114-83(15,16)17)55-40-53(109-22)41-64(111-24)66(55)54-35-49(27-30-62(54)110-23)67(77(99)92-71)89-78(68)100/h26-31,35-48,57,60,67-73,96H,32,34H2,1-25H3,(H,87,101)(H,88,97)(H,89,100)(H,90,102)(H,91,98)(H,92,99)/t57-,60-,67+,68+,69-,70+,71-,72+,73+/m0/s1. The first-order valence-corrected chi connectivity index (χ1v) is 43.7. The number of phenols is 1. The van der Waals surface area contributed by atoms with E-state index in [-0.39, 0.29) is 96.2 Å². The molecule has 0 spiro atoms. The van der Waals surface area contributed by atoms with Crippen LogP contribution in [0.5, 0.6) is 40.2 Å². The number of methoxy groups -OCH3 is 4. The number of nitriles is 1. The third-order valence-electron chi connectivity index (χ3n) is 21.5. The second-order valence-electron chi connectivity index (χ2n) is 34.1. The van der Waals surface area contributed by atoms with E-state index < -0.39 is 192 Å². The first-order valence-electron chi connectivity index (χ1n) is 39.5. The zero-order chi connectivity index (χ0) is 89.3. The van der Waals surface area contributed by atoms with Gasteiger partial charge in [-0.2, -0.15) is 9.65 Å². The highest BCUT2D eigenvalue weighted by Gasteiger charge is 2.53. The van der Waals surface area contributed by atoms with Crippen molar-refractivity contribution in [3.8, 4) is 57.4 Å². The third kappa shape index (κ3) is 21.4. The summed E-state index contributed by atoms with van der Waals surface area (Å²) in [6.45, 7) is 36.0. The summed E-state index contributed by atoms with van der Waals surface area (Å²) in [5.74, 6) is -12.2. The SMILES string of the molecule is COc1cc(OC)c2c(c1)[C@@H](C(=O)OC(C)(C)C)NC(=O)[C@H]1NC(=O)[C@H](NC(=O)[C@H](NC(=O)[C@H](CC#N)NC(=O)[C@H](NC(=O)[C@H](CC(C)C)N(C)C(=O)OC(C)(C)C)[C@H](O[Si](C(C)C)(C(C)C)C(C)C)c3ccc(F)c([N+](=O)[O-])c3)c3cc(O)c(OC)c(c3)Oc3ccc(cc3[N+](=O)[O-])[C@H]1O[Si](C(C)C)(C(C)C)C(C)C)c1ccc(OC)c-2c1. The number of nitro benzene ring substituents is 2. The van der Waals surface area contributed by atoms with Gasteiger partial charge in [0.15, 0.2) is 17.5 Å². The molecule has 35 heteroatoms. The number of hydrogen-bond donors (Lipinski definition) is 7. The zero-order valence-electron chi connectivity index (χ0n) is 72.3. The highest BCUT2D eigenvalue weighted by atomic mass is 28.4. The van der Waals surface area contributed by atoms with Crippen LogP contribution in [0.1, 0.15) is 209 Å². The Morgan fingerprint density at radius 2 is 1.23 bits per heavy atom. The molecule has 648 valence electrons. The molecule has 119 heavy (non-hydrogen) atoms. The molecular weight excluding hydrogens is 1580 g/mol. The van der Waals surface area contributed by atoms with Crippen molar-refractivity contribution in [1.82, 2.24) is 36.8 Å². The van der Waals surface area contributed by atoms with E-state index in [9.17, 15) is 35.4 Å². The molecule has 3 aliphatic rings. The Morgan fingerprint density at radius 3 is 1.76 bits per heavy atom. The van der Waals surface area contributed by atoms with Crippen LogP contribution in [0.15, 0.2) is 78.9 Å². The quantitative estimate of drug-likeness (QED) is 0.0101. The van der Waals surface area contributed by atoms with Gasteiger partial charge in [0.1, 0.15) is 76.9 Å². The number of halogens is 1. The first-order chi connectivity index (χ1) is 55.5. The largest absolute Gasteiger partial charge is 0.504 e. The molecule has 8 rings (SSSR count). The molecule has 5 aromatic carbocycles. The van der Waals surface area contributed by atoms with Crippen LogP contribution in [0.3, 0.4) is 0 Å². The summed E-state index contributed by atoms with van der Waals surface area (Å²) >= 11 is 0. The van der Waals surface area contributed by atoms with Gasteiger partial charge >= 0.3 is 23.4 Å². The summed E-state index contributed by atoms with van der Waals surface area (Å²) in [5.41, 5.74) is -6.74. The number of benzene rings is 5. The molecule has 0 aromatic heterocycles. The highest BCUT2D eigenvalue weighted by molar-refractivity contribution is 6.78. The van der Waals surface area contributed by atoms with Gasteiger partial charge < -0.3 is 79.0 Å². The minimum absolute atomic E-state index is 0.00830. The summed E-state index contributed by atoms with van der Waals surface area (Å²) in [7, 11) is -0.484. The van der Waals surface area contributed by atoms with E-state index >= 15 is 38.0 Å². The number of nitrogens with one attached hydrogen (secondary N) is 6. The van der Waals surface area contributed by atoms with E-state index in [4.69, 9.17) is 42.0 Å². The molecule has 3 aliphatic heterocycles. The fraction of sp³-hybridized carbons (Fsp3) is 0.536. The summed E-state index contributed by atoms with van der Waals surface area (Å²) in [6, 6.07) is 3.49. The maximum atomic E-state index is 16.5. The molecule has 0 saturated carbocycles. The van der Waals surface area contributed by atoms with Gasteiger partial charge in [-0.25, -0.2) is 9.59 Å². The van der Waals surface area contributed by atoms with Crippen molar-refractivity contribution in [2.24, 2.45) is 5.92 Å². The number of fused-ring (bicyclic) bond motifs is 8. The van der Waals surface area contributed by atoms with Crippen LogP contribution in [0.2, 0.25) is 33.2 Å². The maximum absolute atomic E-state index is 16.5. The lowest BCUT2D eigenvalue weighted by Gasteiger charge is -2.46. The number of nitro groups is 2. The Morgan fingerprint density at radius 1 is 0.639 bits per heavy atom. The van der Waals surface area contributed by atoms with Crippen molar-refractivity contribution >= 4 is 75.5 Å². The number of ether oxygens (including phenoxy) is 7. The molecule has 7 amide bonds. The minimum Gasteiger partial charge on any atom is -0.504 e. The van der Waals surface area contributed by atoms with E-state index in [0.29, 0.717) is 0 Å². The Balaban J connectivity index is 1.58. The first kappa shape index (κ1) is 95.2. The Hall–Kier alpha value is -11.0. The number of rotatable bonds is 29. The van der Waals surface area contributed by atoms with E-state index in [2.05, 4.69) is 31.9 Å². The molecule has 0 fully saturated rings. The van der Waals surface area contributed by atoms with E-state index in [1.807, 2.05) is 89.2 Å². The number of phenolic OH excluding ortho intramolecular Hbond substituents is 1. The molecule has 0 saturated heterocycles. The highest BCUT2D eigenvalue weighted by Crippen LogP contribution is 2.52. The van der Waals surface area contributed by atoms with Crippen LogP contribution in [0.4, 0.5) is 20.6 Å². The number of nitrogens with zero attached hydrogens (tertiary/aromatic N) is 4. The second kappa shape index (κ2) is 38.8. The number of hydrogen-bond acceptors (Lipinski definition) is 23. The van der Waals surface area contributed by atoms with Crippen LogP contribution in [0, 0.1) is 43.3 Å². The van der Waals surface area contributed by atoms with Gasteiger partial charge in [-0.3, -0.25) is 53.9 Å². The molecule has 7 N–H and O–H groups in total. The number of esters is 1. The van der Waals surface area contributed by atoms with E-state index in [1.54, 1.807) is 55.4 Å². The molecule has 32 nitrogen and oxygen atoms in total. The summed E-state index contributed by atoms with van der Waals surface area (Å²) in [4.78, 5) is 152. The second-order valence-corrected chi connectivity index (χ2v) is 44.9. The molecular formula is C84H115FN10O22Si2. The average Bonchev–Trinajstić information content (AvgIpc) is 0.756. The number of likely N-dealkylation sites (N-methyl/N-ethyl adjacent to an activating group) is 1. The Kier molecular flexibility index (Phi) is 31.1. The monoisotopic (exact) mass is 1690 g/mol. The fourth-order valence-corrected chi connectivity index (χ4v) is 27.3. The van der Waals surface area contributed by atoms with Crippen molar-refractivity contribution in [3.05, 3.63) is 133 Å². The number of aromatic hydroxyl groups is 1. The molecule has 0 radical (unpaired) electrons. The molecule has 5 aromatic rings. The lowest BCUT2D eigenvalue weighted by Crippen LogP contribution is -2.61. The molecule has 0 unspecified atom stereocenters. The third-order valence-corrected chi connectivity index (χ3v) is 33.6. The van der Waals surface area contributed by atoms with E-state index in [1.165, 1.54) is 70.8 Å². The topological polar surface area (TPSA) is 425 Å². The number of amides is 7. The molecule has 3 heterocycles. The fourth-order valence-electron chi connectivity index (χ4n) is 16.3. The lowest BCUT2D eigenvalue weighted by atomic mass is 9.89. The number of carbonyl (C=O) groups excluding carboxylic acids is 8. The van der Waals surface area contributed by atoms with E-state index in [0.717, 1.165) is 48.4 Å². The van der Waals surface area contributed by atoms with Crippen molar-refractivity contribution in [1.29, 1.82) is 5.26 Å². The molecule has 9 atom stereocenters. The van der Waals surface area contributed by atoms with Crippen molar-refractivity contribution < 1.29 is 99.7 Å². The zero-order valence-corrected chi connectivity index (χ0v) is 74.3. The predicted octanol–water partition coefficient (Wildman–Crippen LogP) is 14.2. The maximum Gasteiger partial charge on any atom is 0.410 e. The van der Waals surface area contributed by atoms with Crippen molar-refractivity contribution in [2.75, 3.05) is 35.5 Å². The van der Waals surface area contributed by atoms with Crippen LogP contribution < -0.4 is 55.6 Å². The summed E-state index contributed by atoms with van der Waals surface area (Å²) in [5, 5.41) is 65.9. The van der Waals surface area contributed by atoms with Gasteiger partial charge in [-0.15, -0.1) is 0 Å². The Labute approximate surface area is 695 Å². The molecule has 0 aliphatic carbocycles. The van der Waals surface area contributed by atoms with Crippen molar-refractivity contribution in [2.45, 2.75) is 250 Å². The van der Waals surface area contributed by atoms with Crippen LogP contribution in [-0.4, -0.2) is 155 Å². The van der Waals surface area contributed by atoms with Crippen LogP contribution in [0.25, 0.3) is 11.1 Å². The summed E-state index contributed by atoms with van der Waals surface area (Å²) < 4.78 is 72.4. The van der Waals surface area contributed by atoms with Gasteiger partial charge in [0.2, 0.25) is 69.4 Å². The van der Waals surface area contributed by atoms with Gasteiger partial charge in [-0.1, -0.05) is 115 Å². The Bertz CT molecular complexity index is 4630. The lowest BCUT2D eigenvalue weighted by molar-refractivity contribution is -0.387. The van der Waals surface area contributed by atoms with Gasteiger partial charge in [0, 0.05) is 41.9 Å². The van der Waals surface area contributed by atoms with Gasteiger partial charge in [-0.05, 0) is 152 Å². The van der Waals surface area contributed by atoms with Gasteiger partial charge in [0.25, 0.3) is 0 Å². The number of carbonyl (C=O) groups is 8. The molecule has 8 bridgehead atoms. The normalized spacial score (nSPS) is 17.6. The minimum atomic E-state index is -3.46. The summed E-state index contributed by atoms with van der Waals surface area (Å²) in [6.07, 6.45) is -5.55. The van der Waals surface area contributed by atoms with Crippen molar-refractivity contribution in [3.63, 3.8) is 0 Å².